The number of benzene rings is 1. The van der Waals surface area contributed by atoms with Gasteiger partial charge in [0.1, 0.15) is 5.76 Å². The van der Waals surface area contributed by atoms with Gasteiger partial charge in [-0.25, -0.2) is 0 Å². The maximum absolute atomic E-state index is 12.3. The van der Waals surface area contributed by atoms with E-state index in [0.29, 0.717) is 22.3 Å². The van der Waals surface area contributed by atoms with Gasteiger partial charge in [0.2, 0.25) is 0 Å². The third-order valence-electron chi connectivity index (χ3n) is 3.19. The van der Waals surface area contributed by atoms with Gasteiger partial charge in [-0.05, 0) is 60.4 Å². The number of nitrogen functional groups attached to an aromatic ring is 1. The molecule has 0 radical (unpaired) electrons. The lowest BCUT2D eigenvalue weighted by Gasteiger charge is -2.22. The first kappa shape index (κ1) is 15.6. The smallest absolute Gasteiger partial charge is 0.252 e. The van der Waals surface area contributed by atoms with E-state index in [1.807, 2.05) is 31.1 Å². The molecule has 112 valence electrons. The second kappa shape index (κ2) is 6.78. The number of hydrogen-bond donors (Lipinski definition) is 2. The average molecular weight is 352 g/mol. The van der Waals surface area contributed by atoms with Crippen molar-refractivity contribution in [1.82, 2.24) is 10.2 Å². The molecule has 5 nitrogen and oxygen atoms in total. The van der Waals surface area contributed by atoms with Gasteiger partial charge in [-0.1, -0.05) is 0 Å². The standard InChI is InChI=1S/C15H18BrN3O2/c1-19(2)13(14-4-3-7-21-14)9-18-15(20)11-8-10(17)5-6-12(11)16/h3-8,13H,9,17H2,1-2H3,(H,18,20). The number of halogens is 1. The molecule has 1 atom stereocenters. The van der Waals surface area contributed by atoms with E-state index >= 15 is 0 Å². The van der Waals surface area contributed by atoms with Crippen molar-refractivity contribution in [3.8, 4) is 0 Å². The van der Waals surface area contributed by atoms with Crippen LogP contribution in [0.4, 0.5) is 5.69 Å². The molecule has 21 heavy (non-hydrogen) atoms. The molecule has 1 aromatic carbocycles. The first-order chi connectivity index (χ1) is 9.99. The fourth-order valence-electron chi connectivity index (χ4n) is 2.02. The normalized spacial score (nSPS) is 12.4. The second-order valence-corrected chi connectivity index (χ2v) is 5.80. The van der Waals surface area contributed by atoms with Crippen LogP contribution in [-0.4, -0.2) is 31.4 Å². The monoisotopic (exact) mass is 351 g/mol. The van der Waals surface area contributed by atoms with Gasteiger partial charge in [0.15, 0.2) is 0 Å². The summed E-state index contributed by atoms with van der Waals surface area (Å²) in [6, 6.07) is 8.86. The van der Waals surface area contributed by atoms with Gasteiger partial charge in [0.05, 0.1) is 17.9 Å². The zero-order valence-electron chi connectivity index (χ0n) is 12.0. The van der Waals surface area contributed by atoms with Gasteiger partial charge in [-0.2, -0.15) is 0 Å². The van der Waals surface area contributed by atoms with Crippen molar-refractivity contribution in [2.75, 3.05) is 26.4 Å². The lowest BCUT2D eigenvalue weighted by Crippen LogP contribution is -2.34. The highest BCUT2D eigenvalue weighted by Crippen LogP contribution is 2.21. The van der Waals surface area contributed by atoms with E-state index in [1.54, 1.807) is 24.5 Å². The quantitative estimate of drug-likeness (QED) is 0.812. The molecule has 1 amide bonds. The van der Waals surface area contributed by atoms with E-state index in [0.717, 1.165) is 5.76 Å². The first-order valence-corrected chi connectivity index (χ1v) is 7.31. The molecule has 2 rings (SSSR count). The van der Waals surface area contributed by atoms with Crippen LogP contribution in [0.15, 0.2) is 45.5 Å². The van der Waals surface area contributed by atoms with Crippen LogP contribution in [0.5, 0.6) is 0 Å². The summed E-state index contributed by atoms with van der Waals surface area (Å²) in [7, 11) is 3.88. The number of nitrogens with one attached hydrogen (secondary N) is 1. The lowest BCUT2D eigenvalue weighted by atomic mass is 10.1. The number of hydrogen-bond acceptors (Lipinski definition) is 4. The van der Waals surface area contributed by atoms with E-state index in [2.05, 4.69) is 21.2 Å². The molecule has 0 aliphatic carbocycles. The fraction of sp³-hybridized carbons (Fsp3) is 0.267. The largest absolute Gasteiger partial charge is 0.468 e. The topological polar surface area (TPSA) is 71.5 Å². The molecule has 0 aliphatic heterocycles. The summed E-state index contributed by atoms with van der Waals surface area (Å²) >= 11 is 3.36. The van der Waals surface area contributed by atoms with E-state index in [4.69, 9.17) is 10.2 Å². The molecule has 0 spiro atoms. The Bertz CT molecular complexity index is 611. The van der Waals surface area contributed by atoms with Crippen molar-refractivity contribution >= 4 is 27.5 Å². The average Bonchev–Trinajstić information content (AvgIpc) is 2.95. The van der Waals surface area contributed by atoms with Gasteiger partial charge >= 0.3 is 0 Å². The molecule has 0 aliphatic rings. The maximum atomic E-state index is 12.3. The Labute approximate surface area is 132 Å². The molecular formula is C15H18BrN3O2. The van der Waals surface area contributed by atoms with Crippen molar-refractivity contribution in [2.24, 2.45) is 0 Å². The molecular weight excluding hydrogens is 334 g/mol. The summed E-state index contributed by atoms with van der Waals surface area (Å²) in [5, 5.41) is 2.91. The minimum Gasteiger partial charge on any atom is -0.468 e. The first-order valence-electron chi connectivity index (χ1n) is 6.52. The van der Waals surface area contributed by atoms with Gasteiger partial charge in [-0.15, -0.1) is 0 Å². The molecule has 6 heteroatoms. The second-order valence-electron chi connectivity index (χ2n) is 4.94. The number of rotatable bonds is 5. The van der Waals surface area contributed by atoms with Gasteiger partial charge in [-0.3, -0.25) is 9.69 Å². The van der Waals surface area contributed by atoms with Crippen LogP contribution in [0.3, 0.4) is 0 Å². The predicted molar refractivity (Wildman–Crippen MR) is 86.0 cm³/mol. The Kier molecular flexibility index (Phi) is 5.03. The SMILES string of the molecule is CN(C)C(CNC(=O)c1cc(N)ccc1Br)c1ccco1. The Morgan fingerprint density at radius 3 is 2.81 bits per heavy atom. The van der Waals surface area contributed by atoms with E-state index in [1.165, 1.54) is 0 Å². The molecule has 1 unspecified atom stereocenters. The van der Waals surface area contributed by atoms with Gasteiger partial charge in [0.25, 0.3) is 5.91 Å². The number of carbonyl (C=O) groups is 1. The number of likely N-dealkylation sites (N-methyl/N-ethyl adjacent to an activating group) is 1. The van der Waals surface area contributed by atoms with Crippen molar-refractivity contribution in [3.63, 3.8) is 0 Å². The molecule has 1 aromatic heterocycles. The van der Waals surface area contributed by atoms with E-state index < -0.39 is 0 Å². The predicted octanol–water partition coefficient (Wildman–Crippen LogP) is 2.66. The number of anilines is 1. The summed E-state index contributed by atoms with van der Waals surface area (Å²) < 4.78 is 6.13. The fourth-order valence-corrected chi connectivity index (χ4v) is 2.45. The van der Waals surface area contributed by atoms with Crippen LogP contribution in [0.1, 0.15) is 22.2 Å². The van der Waals surface area contributed by atoms with Crippen LogP contribution in [0.25, 0.3) is 0 Å². The molecule has 2 aromatic rings. The Morgan fingerprint density at radius 2 is 2.19 bits per heavy atom. The van der Waals surface area contributed by atoms with Crippen molar-refractivity contribution in [1.29, 1.82) is 0 Å². The summed E-state index contributed by atoms with van der Waals surface area (Å²) in [6.07, 6.45) is 1.63. The number of nitrogens with zero attached hydrogens (tertiary/aromatic N) is 1. The Hall–Kier alpha value is -1.79. The van der Waals surface area contributed by atoms with Crippen molar-refractivity contribution in [2.45, 2.75) is 6.04 Å². The summed E-state index contributed by atoms with van der Waals surface area (Å²) in [5.41, 5.74) is 6.80. The number of carbonyl (C=O) groups excluding carboxylic acids is 1. The molecule has 0 fully saturated rings. The molecule has 3 N–H and O–H groups in total. The highest BCUT2D eigenvalue weighted by molar-refractivity contribution is 9.10. The van der Waals surface area contributed by atoms with Crippen LogP contribution < -0.4 is 11.1 Å². The van der Waals surface area contributed by atoms with Crippen LogP contribution in [0.2, 0.25) is 0 Å². The third-order valence-corrected chi connectivity index (χ3v) is 3.88. The number of amides is 1. The summed E-state index contributed by atoms with van der Waals surface area (Å²) in [6.45, 7) is 0.445. The van der Waals surface area contributed by atoms with E-state index in [-0.39, 0.29) is 11.9 Å². The van der Waals surface area contributed by atoms with Crippen molar-refractivity contribution < 1.29 is 9.21 Å². The molecule has 1 heterocycles. The Morgan fingerprint density at radius 1 is 1.43 bits per heavy atom. The maximum Gasteiger partial charge on any atom is 0.252 e. The number of furan rings is 1. The molecule has 0 saturated heterocycles. The lowest BCUT2D eigenvalue weighted by molar-refractivity contribution is 0.0938. The van der Waals surface area contributed by atoms with Crippen molar-refractivity contribution in [3.05, 3.63) is 52.4 Å². The zero-order valence-corrected chi connectivity index (χ0v) is 13.6. The molecule has 0 bridgehead atoms. The highest BCUT2D eigenvalue weighted by Gasteiger charge is 2.19. The molecule has 0 saturated carbocycles. The van der Waals surface area contributed by atoms with Crippen LogP contribution >= 0.6 is 15.9 Å². The Balaban J connectivity index is 2.07. The minimum absolute atomic E-state index is 0.0243. The van der Waals surface area contributed by atoms with E-state index in [9.17, 15) is 4.79 Å². The van der Waals surface area contributed by atoms with Crippen LogP contribution in [0, 0.1) is 0 Å². The van der Waals surface area contributed by atoms with Gasteiger partial charge < -0.3 is 15.5 Å². The third kappa shape index (κ3) is 3.86. The minimum atomic E-state index is -0.174. The summed E-state index contributed by atoms with van der Waals surface area (Å²) in [5.74, 6) is 0.638. The number of nitrogens with two attached hydrogens (primary N) is 1. The van der Waals surface area contributed by atoms with Gasteiger partial charge in [0, 0.05) is 16.7 Å². The summed E-state index contributed by atoms with van der Waals surface area (Å²) in [4.78, 5) is 14.3. The highest BCUT2D eigenvalue weighted by atomic mass is 79.9. The zero-order chi connectivity index (χ0) is 15.4. The van der Waals surface area contributed by atoms with Crippen LogP contribution in [-0.2, 0) is 0 Å².